The molecule has 0 aliphatic heterocycles. The molecule has 0 heterocycles. The summed E-state index contributed by atoms with van der Waals surface area (Å²) in [6.07, 6.45) is 0. The van der Waals surface area contributed by atoms with Crippen LogP contribution in [0.5, 0.6) is 5.75 Å². The van der Waals surface area contributed by atoms with Gasteiger partial charge in [-0.3, -0.25) is 0 Å². The van der Waals surface area contributed by atoms with Gasteiger partial charge >= 0.3 is 0 Å². The summed E-state index contributed by atoms with van der Waals surface area (Å²) in [4.78, 5) is 0. The molecule has 0 amide bonds. The Morgan fingerprint density at radius 3 is 2.33 bits per heavy atom. The second-order valence-corrected chi connectivity index (χ2v) is 3.29. The lowest BCUT2D eigenvalue weighted by molar-refractivity contribution is 0.415. The number of ether oxygens (including phenoxy) is 1. The van der Waals surface area contributed by atoms with Crippen LogP contribution in [-0.2, 0) is 0 Å². The van der Waals surface area contributed by atoms with Crippen molar-refractivity contribution >= 4 is 48.1 Å². The highest BCUT2D eigenvalue weighted by Gasteiger charge is 2.11. The Kier molecular flexibility index (Phi) is 3.16. The summed E-state index contributed by atoms with van der Waals surface area (Å²) in [7, 11) is 6.98. The molecule has 2 radical (unpaired) electrons. The minimum absolute atomic E-state index is 0.245. The minimum atomic E-state index is 0.245. The predicted octanol–water partition coefficient (Wildman–Crippen LogP) is 2.45. The van der Waals surface area contributed by atoms with Gasteiger partial charge in [-0.05, 0) is 6.07 Å². The summed E-state index contributed by atoms with van der Waals surface area (Å²) >= 11 is 17.2. The molecule has 1 aromatic rings. The fraction of sp³-hybridized carbons (Fsp3) is 0.143. The fourth-order valence-electron chi connectivity index (χ4n) is 0.774. The normalized spacial score (nSPS) is 10.0. The van der Waals surface area contributed by atoms with Crippen LogP contribution in [0.1, 0.15) is 0 Å². The van der Waals surface area contributed by atoms with Crippen molar-refractivity contribution in [3.05, 3.63) is 21.1 Å². The third kappa shape index (κ3) is 1.66. The van der Waals surface area contributed by atoms with Crippen molar-refractivity contribution in [3.63, 3.8) is 0 Å². The Morgan fingerprint density at radius 2 is 1.83 bits per heavy atom. The van der Waals surface area contributed by atoms with E-state index in [0.29, 0.717) is 15.8 Å². The Balaban J connectivity index is 3.40. The molecule has 1 rings (SSSR count). The zero-order chi connectivity index (χ0) is 9.30. The molecule has 1 aromatic carbocycles. The fourth-order valence-corrected chi connectivity index (χ4v) is 1.69. The SMILES string of the molecule is [B]c1c(Cl)cc(Cl)c(OC)c1Cl. The van der Waals surface area contributed by atoms with Gasteiger partial charge in [0.2, 0.25) is 0 Å². The van der Waals surface area contributed by atoms with E-state index in [1.54, 1.807) is 0 Å². The van der Waals surface area contributed by atoms with Gasteiger partial charge < -0.3 is 4.74 Å². The van der Waals surface area contributed by atoms with Crippen molar-refractivity contribution in [2.45, 2.75) is 0 Å². The predicted molar refractivity (Wildman–Crippen MR) is 53.4 cm³/mol. The second-order valence-electron chi connectivity index (χ2n) is 2.10. The smallest absolute Gasteiger partial charge is 0.155 e. The molecule has 0 saturated carbocycles. The maximum atomic E-state index is 5.79. The van der Waals surface area contributed by atoms with Crippen LogP contribution >= 0.6 is 34.8 Å². The molecule has 1 nitrogen and oxygen atoms in total. The topological polar surface area (TPSA) is 9.23 Å². The van der Waals surface area contributed by atoms with Gasteiger partial charge in [-0.15, -0.1) is 0 Å². The van der Waals surface area contributed by atoms with Crippen LogP contribution in [0.25, 0.3) is 0 Å². The quantitative estimate of drug-likeness (QED) is 0.662. The van der Waals surface area contributed by atoms with Crippen molar-refractivity contribution in [1.82, 2.24) is 0 Å². The van der Waals surface area contributed by atoms with E-state index in [4.69, 9.17) is 47.4 Å². The Bertz CT molecular complexity index is 314. The number of rotatable bonds is 1. The summed E-state index contributed by atoms with van der Waals surface area (Å²) in [5, 5.41) is 0.919. The Hall–Kier alpha value is -0.0451. The van der Waals surface area contributed by atoms with Crippen LogP contribution in [0.4, 0.5) is 0 Å². The molecular weight excluding hydrogens is 217 g/mol. The molecule has 0 unspecified atom stereocenters. The van der Waals surface area contributed by atoms with Crippen LogP contribution in [0.3, 0.4) is 0 Å². The van der Waals surface area contributed by atoms with Gasteiger partial charge in [0.25, 0.3) is 0 Å². The average Bonchev–Trinajstić information content (AvgIpc) is 2.01. The molecule has 12 heavy (non-hydrogen) atoms. The zero-order valence-corrected chi connectivity index (χ0v) is 8.46. The third-order valence-electron chi connectivity index (χ3n) is 1.37. The van der Waals surface area contributed by atoms with E-state index in [0.717, 1.165) is 0 Å². The van der Waals surface area contributed by atoms with Gasteiger partial charge in [-0.1, -0.05) is 40.3 Å². The molecule has 0 aliphatic rings. The summed E-state index contributed by atoms with van der Waals surface area (Å²) in [6, 6.07) is 1.49. The highest BCUT2D eigenvalue weighted by Crippen LogP contribution is 2.33. The van der Waals surface area contributed by atoms with Crippen LogP contribution in [-0.4, -0.2) is 15.0 Å². The lowest BCUT2D eigenvalue weighted by atomic mass is 9.96. The highest BCUT2D eigenvalue weighted by atomic mass is 35.5. The maximum Gasteiger partial charge on any atom is 0.155 e. The molecule has 0 saturated heterocycles. The minimum Gasteiger partial charge on any atom is -0.494 e. The van der Waals surface area contributed by atoms with Gasteiger partial charge in [0.15, 0.2) is 5.75 Å². The largest absolute Gasteiger partial charge is 0.494 e. The van der Waals surface area contributed by atoms with Crippen molar-refractivity contribution < 1.29 is 4.74 Å². The van der Waals surface area contributed by atoms with Crippen molar-refractivity contribution in [2.24, 2.45) is 0 Å². The molecular formula is C7H4BCl3O. The summed E-state index contributed by atoms with van der Waals surface area (Å²) < 4.78 is 4.91. The molecule has 5 heteroatoms. The zero-order valence-electron chi connectivity index (χ0n) is 6.20. The molecule has 0 bridgehead atoms. The first-order chi connectivity index (χ1) is 5.57. The molecule has 0 aromatic heterocycles. The Labute approximate surface area is 87.0 Å². The first-order valence-corrected chi connectivity index (χ1v) is 4.18. The van der Waals surface area contributed by atoms with E-state index >= 15 is 0 Å². The van der Waals surface area contributed by atoms with Crippen LogP contribution < -0.4 is 10.2 Å². The van der Waals surface area contributed by atoms with Crippen molar-refractivity contribution in [3.8, 4) is 5.75 Å². The van der Waals surface area contributed by atoms with E-state index in [2.05, 4.69) is 0 Å². The van der Waals surface area contributed by atoms with E-state index in [-0.39, 0.29) is 10.5 Å². The number of benzene rings is 1. The van der Waals surface area contributed by atoms with Gasteiger partial charge in [0.05, 0.1) is 17.2 Å². The summed E-state index contributed by atoms with van der Waals surface area (Å²) in [5.41, 5.74) is 0.277. The lowest BCUT2D eigenvalue weighted by Gasteiger charge is -2.09. The third-order valence-corrected chi connectivity index (χ3v) is 2.34. The Morgan fingerprint density at radius 1 is 1.25 bits per heavy atom. The molecule has 0 spiro atoms. The monoisotopic (exact) mass is 220 g/mol. The van der Waals surface area contributed by atoms with Crippen molar-refractivity contribution in [1.29, 1.82) is 0 Å². The standard InChI is InChI=1S/C7H4BCl3O/c1-12-7-4(10)2-3(9)5(8)6(7)11/h2H,1H3. The molecule has 0 N–H and O–H groups in total. The first kappa shape index (κ1) is 10.0. The molecule has 62 valence electrons. The number of hydrogen-bond donors (Lipinski definition) is 0. The number of halogens is 3. The van der Waals surface area contributed by atoms with E-state index in [1.807, 2.05) is 0 Å². The van der Waals surface area contributed by atoms with Gasteiger partial charge in [-0.25, -0.2) is 0 Å². The van der Waals surface area contributed by atoms with Gasteiger partial charge in [-0.2, -0.15) is 0 Å². The second kappa shape index (κ2) is 3.78. The van der Waals surface area contributed by atoms with Gasteiger partial charge in [0, 0.05) is 5.02 Å². The van der Waals surface area contributed by atoms with Crippen LogP contribution in [0, 0.1) is 0 Å². The van der Waals surface area contributed by atoms with Crippen LogP contribution in [0.2, 0.25) is 15.1 Å². The molecule has 0 aliphatic carbocycles. The maximum absolute atomic E-state index is 5.79. The highest BCUT2D eigenvalue weighted by molar-refractivity contribution is 6.53. The van der Waals surface area contributed by atoms with Gasteiger partial charge in [0.1, 0.15) is 7.85 Å². The van der Waals surface area contributed by atoms with E-state index in [9.17, 15) is 0 Å². The lowest BCUT2D eigenvalue weighted by Crippen LogP contribution is -2.07. The number of methoxy groups -OCH3 is 1. The van der Waals surface area contributed by atoms with Crippen LogP contribution in [0.15, 0.2) is 6.07 Å². The summed E-state index contributed by atoms with van der Waals surface area (Å²) in [6.45, 7) is 0. The molecule has 0 fully saturated rings. The average molecular weight is 221 g/mol. The summed E-state index contributed by atoms with van der Waals surface area (Å²) in [5.74, 6) is 0.347. The first-order valence-electron chi connectivity index (χ1n) is 3.05. The molecule has 0 atom stereocenters. The van der Waals surface area contributed by atoms with E-state index in [1.165, 1.54) is 13.2 Å². The van der Waals surface area contributed by atoms with Crippen molar-refractivity contribution in [2.75, 3.05) is 7.11 Å². The van der Waals surface area contributed by atoms with E-state index < -0.39 is 0 Å². The number of hydrogen-bond acceptors (Lipinski definition) is 1.